The van der Waals surface area contributed by atoms with Gasteiger partial charge in [-0.2, -0.15) is 5.10 Å². The molecule has 0 spiro atoms. The van der Waals surface area contributed by atoms with Gasteiger partial charge in [-0.1, -0.05) is 18.2 Å². The average molecular weight is 259 g/mol. The van der Waals surface area contributed by atoms with Crippen molar-refractivity contribution in [3.63, 3.8) is 0 Å². The molecule has 4 nitrogen and oxygen atoms in total. The van der Waals surface area contributed by atoms with Gasteiger partial charge in [0.1, 0.15) is 11.5 Å². The maximum Gasteiger partial charge on any atom is 0.122 e. The van der Waals surface area contributed by atoms with Crippen molar-refractivity contribution in [3.05, 3.63) is 36.4 Å². The summed E-state index contributed by atoms with van der Waals surface area (Å²) in [7, 11) is 0. The van der Waals surface area contributed by atoms with Crippen LogP contribution in [-0.2, 0) is 6.54 Å². The van der Waals surface area contributed by atoms with E-state index in [0.717, 1.165) is 10.6 Å². The van der Waals surface area contributed by atoms with Crippen molar-refractivity contribution >= 4 is 27.2 Å². The first-order valence-electron chi connectivity index (χ1n) is 5.71. The molecule has 0 radical (unpaired) electrons. The summed E-state index contributed by atoms with van der Waals surface area (Å²) in [6, 6.07) is 12.2. The molecule has 0 unspecified atom stereocenters. The summed E-state index contributed by atoms with van der Waals surface area (Å²) in [5.41, 5.74) is 6.72. The van der Waals surface area contributed by atoms with Crippen LogP contribution in [0.5, 0.6) is 0 Å². The second-order valence-corrected chi connectivity index (χ2v) is 5.13. The number of aromatic nitrogens is 2. The lowest BCUT2D eigenvalue weighted by atomic mass is 10.2. The summed E-state index contributed by atoms with van der Waals surface area (Å²) in [5, 5.41) is 14.5. The largest absolute Gasteiger partial charge is 0.394 e. The van der Waals surface area contributed by atoms with E-state index >= 15 is 0 Å². The van der Waals surface area contributed by atoms with E-state index in [2.05, 4.69) is 23.3 Å². The number of thiophene rings is 1. The fraction of sp³-hybridized carbons (Fsp3) is 0.154. The van der Waals surface area contributed by atoms with Gasteiger partial charge in [-0.3, -0.25) is 0 Å². The molecule has 0 saturated carbocycles. The van der Waals surface area contributed by atoms with E-state index in [1.807, 2.05) is 18.2 Å². The maximum absolute atomic E-state index is 8.92. The Kier molecular flexibility index (Phi) is 2.77. The summed E-state index contributed by atoms with van der Waals surface area (Å²) in [6.07, 6.45) is 0. The summed E-state index contributed by atoms with van der Waals surface area (Å²) in [5.74, 6) is 0.580. The van der Waals surface area contributed by atoms with Gasteiger partial charge < -0.3 is 10.8 Å². The minimum absolute atomic E-state index is 0.0394. The smallest absolute Gasteiger partial charge is 0.122 e. The maximum atomic E-state index is 8.92. The Morgan fingerprint density at radius 1 is 1.28 bits per heavy atom. The van der Waals surface area contributed by atoms with E-state index in [0.29, 0.717) is 12.4 Å². The fourth-order valence-corrected chi connectivity index (χ4v) is 2.95. The first-order chi connectivity index (χ1) is 8.78. The molecule has 3 aromatic rings. The molecule has 92 valence electrons. The number of nitrogens with two attached hydrogens (primary N) is 1. The highest BCUT2D eigenvalue weighted by Gasteiger charge is 2.09. The molecule has 0 aliphatic heterocycles. The Labute approximate surface area is 108 Å². The number of nitrogen functional groups attached to an aromatic ring is 1. The fourth-order valence-electron chi connectivity index (χ4n) is 1.93. The molecule has 0 fully saturated rings. The number of aliphatic hydroxyl groups excluding tert-OH is 1. The monoisotopic (exact) mass is 259 g/mol. The lowest BCUT2D eigenvalue weighted by molar-refractivity contribution is 0.270. The van der Waals surface area contributed by atoms with Gasteiger partial charge in [0.15, 0.2) is 0 Å². The number of hydrogen-bond donors (Lipinski definition) is 2. The summed E-state index contributed by atoms with van der Waals surface area (Å²) < 4.78 is 2.86. The Morgan fingerprint density at radius 2 is 2.11 bits per heavy atom. The molecule has 2 heterocycles. The average Bonchev–Trinajstić information content (AvgIpc) is 2.94. The number of anilines is 1. The zero-order valence-corrected chi connectivity index (χ0v) is 10.5. The highest BCUT2D eigenvalue weighted by atomic mass is 32.1. The number of hydrogen-bond acceptors (Lipinski definition) is 4. The second kappa shape index (κ2) is 4.44. The van der Waals surface area contributed by atoms with Gasteiger partial charge in [0.2, 0.25) is 0 Å². The number of nitrogens with zero attached hydrogens (tertiary/aromatic N) is 2. The van der Waals surface area contributed by atoms with Crippen LogP contribution in [0.3, 0.4) is 0 Å². The molecule has 0 aliphatic carbocycles. The summed E-state index contributed by atoms with van der Waals surface area (Å²) in [4.78, 5) is 1.10. The Bertz CT molecular complexity index is 653. The molecule has 18 heavy (non-hydrogen) atoms. The Morgan fingerprint density at radius 3 is 2.89 bits per heavy atom. The van der Waals surface area contributed by atoms with E-state index < -0.39 is 0 Å². The van der Waals surface area contributed by atoms with Crippen molar-refractivity contribution in [2.24, 2.45) is 0 Å². The van der Waals surface area contributed by atoms with Crippen LogP contribution in [0.1, 0.15) is 0 Å². The highest BCUT2D eigenvalue weighted by molar-refractivity contribution is 7.22. The van der Waals surface area contributed by atoms with Crippen LogP contribution in [0.25, 0.3) is 20.7 Å². The standard InChI is InChI=1S/C13H13N3OS/c14-13-8-10(15-16(13)5-6-17)12-7-9-3-1-2-4-11(9)18-12/h1-4,7-8,17H,5-6,14H2. The first-order valence-corrected chi connectivity index (χ1v) is 6.53. The molecule has 3 N–H and O–H groups in total. The molecule has 0 bridgehead atoms. The van der Waals surface area contributed by atoms with Gasteiger partial charge in [-0.15, -0.1) is 11.3 Å². The quantitative estimate of drug-likeness (QED) is 0.758. The van der Waals surface area contributed by atoms with Gasteiger partial charge in [-0.05, 0) is 17.5 Å². The number of rotatable bonds is 3. The predicted molar refractivity (Wildman–Crippen MR) is 74.5 cm³/mol. The molecular weight excluding hydrogens is 246 g/mol. The number of benzene rings is 1. The molecule has 0 aliphatic rings. The van der Waals surface area contributed by atoms with E-state index in [1.54, 1.807) is 16.0 Å². The van der Waals surface area contributed by atoms with Crippen molar-refractivity contribution in [1.82, 2.24) is 9.78 Å². The van der Waals surface area contributed by atoms with Gasteiger partial charge in [0.25, 0.3) is 0 Å². The van der Waals surface area contributed by atoms with Crippen LogP contribution in [0.15, 0.2) is 36.4 Å². The van der Waals surface area contributed by atoms with Crippen LogP contribution in [0, 0.1) is 0 Å². The van der Waals surface area contributed by atoms with E-state index in [9.17, 15) is 0 Å². The van der Waals surface area contributed by atoms with Crippen molar-refractivity contribution in [2.45, 2.75) is 6.54 Å². The van der Waals surface area contributed by atoms with Crippen LogP contribution >= 0.6 is 11.3 Å². The highest BCUT2D eigenvalue weighted by Crippen LogP contribution is 2.33. The summed E-state index contributed by atoms with van der Waals surface area (Å²) >= 11 is 1.70. The lowest BCUT2D eigenvalue weighted by Gasteiger charge is -1.98. The molecule has 0 amide bonds. The Hall–Kier alpha value is -1.85. The third-order valence-electron chi connectivity index (χ3n) is 2.80. The van der Waals surface area contributed by atoms with Gasteiger partial charge in [0.05, 0.1) is 18.0 Å². The third-order valence-corrected chi connectivity index (χ3v) is 3.94. The third kappa shape index (κ3) is 1.87. The van der Waals surface area contributed by atoms with Crippen molar-refractivity contribution in [2.75, 3.05) is 12.3 Å². The number of fused-ring (bicyclic) bond motifs is 1. The Balaban J connectivity index is 2.05. The molecular formula is C13H13N3OS. The minimum atomic E-state index is 0.0394. The van der Waals surface area contributed by atoms with Crippen molar-refractivity contribution in [3.8, 4) is 10.6 Å². The SMILES string of the molecule is Nc1cc(-c2cc3ccccc3s2)nn1CCO. The van der Waals surface area contributed by atoms with Crippen molar-refractivity contribution < 1.29 is 5.11 Å². The summed E-state index contributed by atoms with van der Waals surface area (Å²) in [6.45, 7) is 0.467. The predicted octanol–water partition coefficient (Wildman–Crippen LogP) is 2.34. The van der Waals surface area contributed by atoms with E-state index in [-0.39, 0.29) is 6.61 Å². The van der Waals surface area contributed by atoms with Crippen LogP contribution < -0.4 is 5.73 Å². The van der Waals surface area contributed by atoms with Crippen LogP contribution in [0.2, 0.25) is 0 Å². The lowest BCUT2D eigenvalue weighted by Crippen LogP contribution is -2.07. The second-order valence-electron chi connectivity index (χ2n) is 4.05. The van der Waals surface area contributed by atoms with Crippen LogP contribution in [-0.4, -0.2) is 21.5 Å². The van der Waals surface area contributed by atoms with Gasteiger partial charge >= 0.3 is 0 Å². The molecule has 1 aromatic carbocycles. The molecule has 0 saturated heterocycles. The zero-order chi connectivity index (χ0) is 12.5. The topological polar surface area (TPSA) is 64.1 Å². The van der Waals surface area contributed by atoms with E-state index in [4.69, 9.17) is 10.8 Å². The number of aliphatic hydroxyl groups is 1. The molecule has 3 rings (SSSR count). The molecule has 0 atom stereocenters. The van der Waals surface area contributed by atoms with E-state index in [1.165, 1.54) is 10.1 Å². The normalized spacial score (nSPS) is 11.2. The molecule has 5 heteroatoms. The van der Waals surface area contributed by atoms with Crippen LogP contribution in [0.4, 0.5) is 5.82 Å². The van der Waals surface area contributed by atoms with Gasteiger partial charge in [-0.25, -0.2) is 4.68 Å². The molecule has 2 aromatic heterocycles. The van der Waals surface area contributed by atoms with Gasteiger partial charge in [0, 0.05) is 10.8 Å². The zero-order valence-electron chi connectivity index (χ0n) is 9.71. The first kappa shape index (κ1) is 11.3. The van der Waals surface area contributed by atoms with Crippen molar-refractivity contribution in [1.29, 1.82) is 0 Å². The minimum Gasteiger partial charge on any atom is -0.394 e.